The number of hydrogen-bond acceptors (Lipinski definition) is 13. The molecule has 0 aromatic rings. The van der Waals surface area contributed by atoms with Gasteiger partial charge in [0.25, 0.3) is 0 Å². The van der Waals surface area contributed by atoms with Crippen molar-refractivity contribution in [3.05, 3.63) is 23.3 Å². The van der Waals surface area contributed by atoms with Crippen LogP contribution in [0.15, 0.2) is 23.3 Å². The Morgan fingerprint density at radius 2 is 0.822 bits per heavy atom. The molecule has 2 aliphatic carbocycles. The highest BCUT2D eigenvalue weighted by molar-refractivity contribution is 5.30. The number of methoxy groups -OCH3 is 4. The highest BCUT2D eigenvalue weighted by atomic mass is 16.8. The quantitative estimate of drug-likeness (QED) is 0.428. The van der Waals surface area contributed by atoms with Gasteiger partial charge in [-0.25, -0.2) is 0 Å². The molecule has 0 aromatic carbocycles. The molecular formula is C32H51NO12. The second-order valence-corrected chi connectivity index (χ2v) is 14.1. The van der Waals surface area contributed by atoms with Crippen LogP contribution in [0.4, 0.5) is 0 Å². The molecule has 0 bridgehead atoms. The molecule has 4 aliphatic heterocycles. The van der Waals surface area contributed by atoms with Gasteiger partial charge in [-0.05, 0) is 66.5 Å². The summed E-state index contributed by atoms with van der Waals surface area (Å²) in [7, 11) is 6.31. The standard InChI is InChI=1S/C32H51NO12/c1-27(2)38-15-17-13-19(23-25(21(17)40-27)44-31(7,36-11)29(5,34-9)42-23)33-20-14-18-16-39-28(3,4)41-22(18)26-24(20)43-30(6,35-10)32(8,37-12)45-26/h13-14,19-26,33H,15-16H2,1-12H3/t19-,20-,21+,22+,23-,24-,25-,26-,29+,30+,31+,32+/m0/s1. The van der Waals surface area contributed by atoms with Crippen LogP contribution in [0.2, 0.25) is 0 Å². The molecule has 0 unspecified atom stereocenters. The van der Waals surface area contributed by atoms with Crippen LogP contribution >= 0.6 is 0 Å². The normalized spacial score (nSPS) is 50.3. The second-order valence-electron chi connectivity index (χ2n) is 14.1. The lowest BCUT2D eigenvalue weighted by atomic mass is 9.81. The van der Waals surface area contributed by atoms with Crippen LogP contribution in [0.5, 0.6) is 0 Å². The minimum absolute atomic E-state index is 0.373. The van der Waals surface area contributed by atoms with Crippen LogP contribution in [0.25, 0.3) is 0 Å². The Hall–Kier alpha value is -1.04. The number of fused-ring (bicyclic) bond motifs is 6. The van der Waals surface area contributed by atoms with Gasteiger partial charge in [0.1, 0.15) is 36.6 Å². The predicted molar refractivity (Wildman–Crippen MR) is 158 cm³/mol. The molecule has 13 nitrogen and oxygen atoms in total. The van der Waals surface area contributed by atoms with E-state index in [4.69, 9.17) is 56.8 Å². The largest absolute Gasteiger partial charge is 0.349 e. The number of hydrogen-bond donors (Lipinski definition) is 1. The first kappa shape index (κ1) is 33.8. The van der Waals surface area contributed by atoms with E-state index in [2.05, 4.69) is 17.5 Å². The zero-order valence-corrected chi connectivity index (χ0v) is 28.6. The summed E-state index contributed by atoms with van der Waals surface area (Å²) in [5.41, 5.74) is 1.88. The highest BCUT2D eigenvalue weighted by Crippen LogP contribution is 2.48. The predicted octanol–water partition coefficient (Wildman–Crippen LogP) is 2.51. The highest BCUT2D eigenvalue weighted by Gasteiger charge is 2.64. The molecule has 0 aromatic heterocycles. The van der Waals surface area contributed by atoms with Crippen molar-refractivity contribution >= 4 is 0 Å². The van der Waals surface area contributed by atoms with Gasteiger partial charge in [-0.3, -0.25) is 5.32 Å². The van der Waals surface area contributed by atoms with Crippen LogP contribution in [-0.2, 0) is 56.8 Å². The van der Waals surface area contributed by atoms with E-state index < -0.39 is 71.3 Å². The van der Waals surface area contributed by atoms with Crippen molar-refractivity contribution in [2.45, 2.75) is 139 Å². The topological polar surface area (TPSA) is 123 Å². The Balaban J connectivity index is 1.39. The molecule has 4 heterocycles. The number of rotatable bonds is 6. The Morgan fingerprint density at radius 3 is 1.13 bits per heavy atom. The molecule has 0 amide bonds. The average molecular weight is 642 g/mol. The van der Waals surface area contributed by atoms with E-state index in [-0.39, 0.29) is 12.1 Å². The van der Waals surface area contributed by atoms with Crippen LogP contribution in [0.1, 0.15) is 55.4 Å². The summed E-state index contributed by atoms with van der Waals surface area (Å²) in [6.07, 6.45) is 1.16. The van der Waals surface area contributed by atoms with Gasteiger partial charge in [0.05, 0.1) is 25.3 Å². The van der Waals surface area contributed by atoms with Crippen molar-refractivity contribution in [2.75, 3.05) is 41.7 Å². The third-order valence-electron chi connectivity index (χ3n) is 10.5. The lowest BCUT2D eigenvalue weighted by Gasteiger charge is -2.59. The lowest BCUT2D eigenvalue weighted by molar-refractivity contribution is -0.464. The molecule has 4 saturated heterocycles. The Kier molecular flexibility index (Phi) is 8.47. The summed E-state index contributed by atoms with van der Waals surface area (Å²) in [4.78, 5) is 0. The first-order valence-electron chi connectivity index (χ1n) is 15.7. The minimum atomic E-state index is -1.23. The first-order chi connectivity index (χ1) is 21.0. The van der Waals surface area contributed by atoms with Crippen LogP contribution in [0.3, 0.4) is 0 Å². The third kappa shape index (κ3) is 5.45. The lowest BCUT2D eigenvalue weighted by Crippen LogP contribution is -2.75. The minimum Gasteiger partial charge on any atom is -0.349 e. The summed E-state index contributed by atoms with van der Waals surface area (Å²) in [5.74, 6) is -6.52. The monoisotopic (exact) mass is 641 g/mol. The van der Waals surface area contributed by atoms with Crippen molar-refractivity contribution < 1.29 is 56.8 Å². The smallest absolute Gasteiger partial charge is 0.220 e. The van der Waals surface area contributed by atoms with Gasteiger partial charge < -0.3 is 56.8 Å². The van der Waals surface area contributed by atoms with Gasteiger partial charge in [0.15, 0.2) is 11.6 Å². The Bertz CT molecular complexity index is 1120. The van der Waals surface area contributed by atoms with Gasteiger partial charge in [-0.2, -0.15) is 0 Å². The maximum atomic E-state index is 6.80. The Labute approximate surface area is 266 Å². The molecule has 0 spiro atoms. The third-order valence-corrected chi connectivity index (χ3v) is 10.5. The summed E-state index contributed by atoms with van der Waals surface area (Å²) < 4.78 is 75.6. The maximum absolute atomic E-state index is 6.80. The molecule has 13 heteroatoms. The molecule has 45 heavy (non-hydrogen) atoms. The molecule has 1 N–H and O–H groups in total. The molecule has 6 aliphatic rings. The fraction of sp³-hybridized carbons (Fsp3) is 0.875. The summed E-state index contributed by atoms with van der Waals surface area (Å²) in [6, 6.07) is -0.779. The fourth-order valence-electron chi connectivity index (χ4n) is 7.20. The summed E-state index contributed by atoms with van der Waals surface area (Å²) >= 11 is 0. The second kappa shape index (κ2) is 11.3. The van der Waals surface area contributed by atoms with Gasteiger partial charge in [-0.1, -0.05) is 12.2 Å². The summed E-state index contributed by atoms with van der Waals surface area (Å²) in [5, 5.41) is 3.80. The van der Waals surface area contributed by atoms with Crippen molar-refractivity contribution in [2.24, 2.45) is 0 Å². The zero-order valence-electron chi connectivity index (χ0n) is 28.6. The van der Waals surface area contributed by atoms with E-state index in [0.29, 0.717) is 13.2 Å². The van der Waals surface area contributed by atoms with E-state index in [9.17, 15) is 0 Å². The maximum Gasteiger partial charge on any atom is 0.220 e. The van der Waals surface area contributed by atoms with Crippen LogP contribution in [0, 0.1) is 0 Å². The zero-order chi connectivity index (χ0) is 32.8. The SMILES string of the molecule is CO[C@]1(C)O[C@@H]2[C@@H](O[C@@]1(C)OC)[C@@H]1OC(C)(C)OCC1=C[C@@H]2N[C@H]1C=C2COC(C)(C)O[C@H]2[C@@H]2O[C@@](C)(OC)[C@](C)(OC)O[C@H]21. The van der Waals surface area contributed by atoms with Crippen molar-refractivity contribution in [3.63, 3.8) is 0 Å². The average Bonchev–Trinajstić information content (AvgIpc) is 2.99. The van der Waals surface area contributed by atoms with Crippen molar-refractivity contribution in [1.29, 1.82) is 0 Å². The fourth-order valence-corrected chi connectivity index (χ4v) is 7.20. The van der Waals surface area contributed by atoms with Crippen LogP contribution < -0.4 is 5.32 Å². The molecule has 0 radical (unpaired) electrons. The van der Waals surface area contributed by atoms with E-state index in [1.165, 1.54) is 0 Å². The number of ether oxygens (including phenoxy) is 12. The first-order valence-corrected chi connectivity index (χ1v) is 15.7. The molecule has 4 fully saturated rings. The summed E-state index contributed by atoms with van der Waals surface area (Å²) in [6.45, 7) is 15.6. The molecular weight excluding hydrogens is 590 g/mol. The van der Waals surface area contributed by atoms with E-state index in [1.54, 1.807) is 28.4 Å². The van der Waals surface area contributed by atoms with Crippen molar-refractivity contribution in [1.82, 2.24) is 5.32 Å². The molecule has 6 rings (SSSR count). The van der Waals surface area contributed by atoms with Gasteiger partial charge in [-0.15, -0.1) is 0 Å². The van der Waals surface area contributed by atoms with Gasteiger partial charge in [0, 0.05) is 28.4 Å². The van der Waals surface area contributed by atoms with E-state index in [0.717, 1.165) is 11.1 Å². The molecule has 256 valence electrons. The molecule has 0 saturated carbocycles. The Morgan fingerprint density at radius 1 is 0.511 bits per heavy atom. The molecule has 12 atom stereocenters. The van der Waals surface area contributed by atoms with Gasteiger partial charge >= 0.3 is 0 Å². The van der Waals surface area contributed by atoms with Crippen LogP contribution in [-0.4, -0.2) is 125 Å². The van der Waals surface area contributed by atoms with E-state index in [1.807, 2.05) is 55.4 Å². The van der Waals surface area contributed by atoms with Crippen molar-refractivity contribution in [3.8, 4) is 0 Å². The van der Waals surface area contributed by atoms with E-state index >= 15 is 0 Å². The van der Waals surface area contributed by atoms with Gasteiger partial charge in [0.2, 0.25) is 23.1 Å². The number of nitrogens with one attached hydrogen (secondary N) is 1.